The standard InChI is InChI=1S/C30H41F3N2O6/c1-5-10-19-16-21-23(30(31,32)33)17-25(37)41-27(21)20(11-6-2)26(19)40-15-9-14-35(18-36)28(38)29(3,34)22-12-7-8-13-24(22)39-4/h12-13,16,18,23,25,37H,5-11,14-15,17,34H2,1-4H3. The number of nitrogens with zero attached hydrogens (tertiary/aromatic N) is 1. The molecule has 2 amide bonds. The van der Waals surface area contributed by atoms with E-state index in [4.69, 9.17) is 19.9 Å². The van der Waals surface area contributed by atoms with Crippen LogP contribution in [-0.2, 0) is 27.2 Å². The van der Waals surface area contributed by atoms with Gasteiger partial charge in [0, 0.05) is 29.7 Å². The van der Waals surface area contributed by atoms with Crippen molar-refractivity contribution in [2.75, 3.05) is 20.3 Å². The minimum atomic E-state index is -4.54. The number of benzene rings is 1. The zero-order valence-electron chi connectivity index (χ0n) is 24.2. The number of methoxy groups -OCH3 is 1. The third-order valence-electron chi connectivity index (χ3n) is 7.42. The maximum atomic E-state index is 13.9. The molecule has 2 aliphatic rings. The van der Waals surface area contributed by atoms with Crippen molar-refractivity contribution >= 4 is 12.3 Å². The van der Waals surface area contributed by atoms with Gasteiger partial charge in [-0.05, 0) is 56.7 Å². The molecule has 3 atom stereocenters. The van der Waals surface area contributed by atoms with Crippen molar-refractivity contribution in [1.29, 1.82) is 0 Å². The van der Waals surface area contributed by atoms with Crippen LogP contribution in [0.3, 0.4) is 0 Å². The molecule has 1 heterocycles. The molecule has 1 aromatic rings. The normalized spacial score (nSPS) is 20.1. The Morgan fingerprint density at radius 3 is 2.51 bits per heavy atom. The number of imide groups is 1. The number of amides is 2. The summed E-state index contributed by atoms with van der Waals surface area (Å²) < 4.78 is 58.8. The molecule has 8 nitrogen and oxygen atoms in total. The molecule has 3 rings (SSSR count). The van der Waals surface area contributed by atoms with Gasteiger partial charge in [0.25, 0.3) is 5.91 Å². The number of alkyl halides is 3. The monoisotopic (exact) mass is 582 g/mol. The van der Waals surface area contributed by atoms with Crippen LogP contribution in [0, 0.1) is 0 Å². The molecule has 1 aromatic carbocycles. The van der Waals surface area contributed by atoms with Gasteiger partial charge < -0.3 is 25.1 Å². The summed E-state index contributed by atoms with van der Waals surface area (Å²) in [4.78, 5) is 26.2. The summed E-state index contributed by atoms with van der Waals surface area (Å²) in [7, 11) is 1.50. The first-order valence-corrected chi connectivity index (χ1v) is 14.1. The van der Waals surface area contributed by atoms with Crippen molar-refractivity contribution in [3.63, 3.8) is 0 Å². The highest BCUT2D eigenvalue weighted by Crippen LogP contribution is 2.50. The fourth-order valence-corrected chi connectivity index (χ4v) is 5.46. The highest BCUT2D eigenvalue weighted by molar-refractivity contribution is 5.96. The van der Waals surface area contributed by atoms with E-state index in [1.54, 1.807) is 0 Å². The van der Waals surface area contributed by atoms with Crippen molar-refractivity contribution in [1.82, 2.24) is 4.90 Å². The van der Waals surface area contributed by atoms with Gasteiger partial charge in [0.1, 0.15) is 22.8 Å². The number of allylic oxidation sites excluding steroid dienone is 2. The van der Waals surface area contributed by atoms with Crippen LogP contribution in [0.5, 0.6) is 11.5 Å². The second-order valence-electron chi connectivity index (χ2n) is 10.6. The fraction of sp³-hybridized carbons (Fsp3) is 0.600. The predicted octanol–water partition coefficient (Wildman–Crippen LogP) is 5.06. The lowest BCUT2D eigenvalue weighted by Crippen LogP contribution is -2.55. The third-order valence-corrected chi connectivity index (χ3v) is 7.42. The van der Waals surface area contributed by atoms with Crippen LogP contribution in [0.25, 0.3) is 0 Å². The molecule has 11 heteroatoms. The number of rotatable bonds is 13. The molecule has 0 fully saturated rings. The summed E-state index contributed by atoms with van der Waals surface area (Å²) in [5.41, 5.74) is 6.57. The number of ether oxygens (including phenoxy) is 3. The number of carbonyl (C=O) groups is 2. The molecule has 3 unspecified atom stereocenters. The number of fused-ring (bicyclic) bond motifs is 1. The van der Waals surface area contributed by atoms with Crippen molar-refractivity contribution in [3.8, 4) is 11.5 Å². The lowest BCUT2D eigenvalue weighted by molar-refractivity contribution is -0.173. The first kappa shape index (κ1) is 32.5. The zero-order chi connectivity index (χ0) is 30.4. The molecule has 1 aliphatic heterocycles. The van der Waals surface area contributed by atoms with Crippen LogP contribution in [0.15, 0.2) is 29.6 Å². The van der Waals surface area contributed by atoms with Crippen molar-refractivity contribution < 1.29 is 42.1 Å². The smallest absolute Gasteiger partial charge is 0.396 e. The van der Waals surface area contributed by atoms with Gasteiger partial charge in [-0.15, -0.1) is 0 Å². The first-order valence-electron chi connectivity index (χ1n) is 14.1. The number of carbonyl (C=O) groups excluding carboxylic acids is 2. The highest BCUT2D eigenvalue weighted by atomic mass is 19.4. The summed E-state index contributed by atoms with van der Waals surface area (Å²) in [5, 5.41) is 10.1. The van der Waals surface area contributed by atoms with E-state index in [0.717, 1.165) is 11.3 Å². The second-order valence-corrected chi connectivity index (χ2v) is 10.6. The van der Waals surface area contributed by atoms with Crippen molar-refractivity contribution in [3.05, 3.63) is 46.2 Å². The molecule has 0 saturated heterocycles. The summed E-state index contributed by atoms with van der Waals surface area (Å²) in [6.07, 6.45) is 1.33. The molecule has 3 N–H and O–H groups in total. The summed E-state index contributed by atoms with van der Waals surface area (Å²) >= 11 is 0. The average Bonchev–Trinajstić information content (AvgIpc) is 2.93. The molecule has 0 spiro atoms. The second kappa shape index (κ2) is 13.7. The van der Waals surface area contributed by atoms with Crippen LogP contribution in [0.2, 0.25) is 0 Å². The Morgan fingerprint density at radius 2 is 1.90 bits per heavy atom. The predicted molar refractivity (Wildman–Crippen MR) is 147 cm³/mol. The lowest BCUT2D eigenvalue weighted by Gasteiger charge is -2.34. The Morgan fingerprint density at radius 1 is 1.22 bits per heavy atom. The van der Waals surface area contributed by atoms with Gasteiger partial charge in [0.2, 0.25) is 6.41 Å². The van der Waals surface area contributed by atoms with E-state index >= 15 is 0 Å². The number of nitrogens with two attached hydrogens (primary N) is 1. The number of aliphatic hydroxyl groups excluding tert-OH is 1. The Balaban J connectivity index is 1.81. The molecule has 0 radical (unpaired) electrons. The maximum Gasteiger partial charge on any atom is 0.396 e. The van der Waals surface area contributed by atoms with Gasteiger partial charge in [0.05, 0.1) is 19.6 Å². The van der Waals surface area contributed by atoms with Crippen molar-refractivity contribution in [2.45, 2.75) is 96.1 Å². The quantitative estimate of drug-likeness (QED) is 0.247. The lowest BCUT2D eigenvalue weighted by atomic mass is 9.86. The van der Waals surface area contributed by atoms with E-state index in [1.807, 2.05) is 26.0 Å². The molecule has 0 bridgehead atoms. The molecular formula is C30H41F3N2O6. The SMILES string of the molecule is CCCc1cc2c(c(CCC)c1OCCCN(C=O)C(=O)C(C)(N)C1=CCCC=C1OC)OC(O)CC2C(F)(F)F. The van der Waals surface area contributed by atoms with Gasteiger partial charge >= 0.3 is 6.18 Å². The minimum Gasteiger partial charge on any atom is -0.497 e. The van der Waals surface area contributed by atoms with E-state index in [-0.39, 0.29) is 30.9 Å². The van der Waals surface area contributed by atoms with E-state index in [9.17, 15) is 27.9 Å². The van der Waals surface area contributed by atoms with E-state index < -0.39 is 36.3 Å². The van der Waals surface area contributed by atoms with Crippen LogP contribution >= 0.6 is 0 Å². The molecule has 1 aliphatic carbocycles. The van der Waals surface area contributed by atoms with Gasteiger partial charge in [-0.3, -0.25) is 14.5 Å². The molecule has 0 aromatic heterocycles. The third kappa shape index (κ3) is 7.24. The van der Waals surface area contributed by atoms with E-state index in [2.05, 4.69) is 0 Å². The Labute approximate surface area is 239 Å². The molecule has 0 saturated carbocycles. The van der Waals surface area contributed by atoms with Crippen molar-refractivity contribution in [2.24, 2.45) is 5.73 Å². The number of aryl methyl sites for hydroxylation is 1. The number of aliphatic hydroxyl groups is 1. The summed E-state index contributed by atoms with van der Waals surface area (Å²) in [5.74, 6) is -1.47. The number of hydrogen-bond donors (Lipinski definition) is 2. The van der Waals surface area contributed by atoms with E-state index in [0.29, 0.717) is 66.7 Å². The van der Waals surface area contributed by atoms with Gasteiger partial charge in [-0.1, -0.05) is 32.8 Å². The van der Waals surface area contributed by atoms with Crippen LogP contribution in [-0.4, -0.2) is 60.6 Å². The maximum absolute atomic E-state index is 13.9. The molecule has 228 valence electrons. The van der Waals surface area contributed by atoms with Gasteiger partial charge in [-0.2, -0.15) is 13.2 Å². The fourth-order valence-electron chi connectivity index (χ4n) is 5.46. The van der Waals surface area contributed by atoms with Crippen LogP contribution in [0.4, 0.5) is 13.2 Å². The summed E-state index contributed by atoms with van der Waals surface area (Å²) in [6.45, 7) is 5.47. The van der Waals surface area contributed by atoms with Crippen LogP contribution in [0.1, 0.15) is 81.9 Å². The highest BCUT2D eigenvalue weighted by Gasteiger charge is 2.47. The Bertz CT molecular complexity index is 1160. The Hall–Kier alpha value is -3.05. The topological polar surface area (TPSA) is 111 Å². The molecule has 41 heavy (non-hydrogen) atoms. The minimum absolute atomic E-state index is 0.0171. The Kier molecular flexibility index (Phi) is 10.9. The number of hydrogen-bond acceptors (Lipinski definition) is 7. The van der Waals surface area contributed by atoms with Gasteiger partial charge in [-0.25, -0.2) is 0 Å². The number of halogens is 3. The molecular weight excluding hydrogens is 541 g/mol. The average molecular weight is 583 g/mol. The first-order chi connectivity index (χ1) is 19.4. The van der Waals surface area contributed by atoms with E-state index in [1.165, 1.54) is 20.1 Å². The largest absolute Gasteiger partial charge is 0.497 e. The van der Waals surface area contributed by atoms with Gasteiger partial charge in [0.15, 0.2) is 6.29 Å². The van der Waals surface area contributed by atoms with Crippen LogP contribution < -0.4 is 15.2 Å². The summed E-state index contributed by atoms with van der Waals surface area (Å²) in [6, 6.07) is 1.48. The zero-order valence-corrected chi connectivity index (χ0v) is 24.2.